The Labute approximate surface area is 105 Å². The summed E-state index contributed by atoms with van der Waals surface area (Å²) >= 11 is 0. The molecule has 0 aromatic rings. The zero-order chi connectivity index (χ0) is 12.3. The number of likely N-dealkylation sites (tertiary alicyclic amines) is 1. The van der Waals surface area contributed by atoms with Gasteiger partial charge in [-0.05, 0) is 32.1 Å². The molecular weight excluding hydrogens is 212 g/mol. The second-order valence-electron chi connectivity index (χ2n) is 5.86. The molecule has 1 aliphatic carbocycles. The number of carbonyl (C=O) groups is 1. The largest absolute Gasteiger partial charge is 0.344 e. The first-order chi connectivity index (χ1) is 8.16. The van der Waals surface area contributed by atoms with Crippen molar-refractivity contribution >= 4 is 5.91 Å². The molecule has 1 N–H and O–H groups in total. The molecule has 2 atom stereocenters. The lowest BCUT2D eigenvalue weighted by Crippen LogP contribution is -2.50. The molecule has 1 saturated carbocycles. The molecule has 1 saturated heterocycles. The summed E-state index contributed by atoms with van der Waals surface area (Å²) in [6.07, 6.45) is 8.72. The van der Waals surface area contributed by atoms with E-state index in [9.17, 15) is 4.79 Å². The molecule has 2 aliphatic rings. The fourth-order valence-electron chi connectivity index (χ4n) is 3.29. The number of likely N-dealkylation sites (N-methyl/N-ethyl adjacent to an activating group) is 1. The first-order valence-electron chi connectivity index (χ1n) is 7.17. The van der Waals surface area contributed by atoms with Gasteiger partial charge in [0.05, 0.1) is 0 Å². The maximum atomic E-state index is 11.4. The number of carbonyl (C=O) groups excluding carboxylic acids is 1. The molecule has 0 aromatic heterocycles. The standard InChI is InChI=1S/C14H26N2O/c1-11(12-6-4-3-5-7-12)15-13-8-9-14(17)16(2)10-13/h11-13,15H,3-10H2,1-2H3. The van der Waals surface area contributed by atoms with E-state index >= 15 is 0 Å². The monoisotopic (exact) mass is 238 g/mol. The van der Waals surface area contributed by atoms with Crippen LogP contribution in [0.25, 0.3) is 0 Å². The molecule has 0 radical (unpaired) electrons. The highest BCUT2D eigenvalue weighted by Crippen LogP contribution is 2.27. The molecular formula is C14H26N2O. The lowest BCUT2D eigenvalue weighted by atomic mass is 9.84. The van der Waals surface area contributed by atoms with Crippen molar-refractivity contribution in [1.29, 1.82) is 0 Å². The van der Waals surface area contributed by atoms with Crippen molar-refractivity contribution in [3.8, 4) is 0 Å². The number of nitrogens with one attached hydrogen (secondary N) is 1. The van der Waals surface area contributed by atoms with Crippen molar-refractivity contribution < 1.29 is 4.79 Å². The second-order valence-corrected chi connectivity index (χ2v) is 5.86. The number of piperidine rings is 1. The Balaban J connectivity index is 1.77. The van der Waals surface area contributed by atoms with Crippen LogP contribution in [0.4, 0.5) is 0 Å². The summed E-state index contributed by atoms with van der Waals surface area (Å²) in [4.78, 5) is 13.3. The van der Waals surface area contributed by atoms with Gasteiger partial charge in [-0.1, -0.05) is 19.3 Å². The van der Waals surface area contributed by atoms with Crippen LogP contribution < -0.4 is 5.32 Å². The predicted octanol–water partition coefficient (Wildman–Crippen LogP) is 2.17. The van der Waals surface area contributed by atoms with E-state index in [0.29, 0.717) is 24.4 Å². The number of rotatable bonds is 3. The van der Waals surface area contributed by atoms with Gasteiger partial charge in [0, 0.05) is 32.1 Å². The van der Waals surface area contributed by atoms with Crippen LogP contribution in [0.1, 0.15) is 51.9 Å². The predicted molar refractivity (Wildman–Crippen MR) is 69.8 cm³/mol. The van der Waals surface area contributed by atoms with E-state index in [1.54, 1.807) is 0 Å². The third kappa shape index (κ3) is 3.44. The summed E-state index contributed by atoms with van der Waals surface area (Å²) in [5.41, 5.74) is 0. The van der Waals surface area contributed by atoms with Gasteiger partial charge < -0.3 is 10.2 Å². The Morgan fingerprint density at radius 2 is 1.94 bits per heavy atom. The lowest BCUT2D eigenvalue weighted by Gasteiger charge is -2.35. The first-order valence-corrected chi connectivity index (χ1v) is 7.17. The van der Waals surface area contributed by atoms with Crippen LogP contribution in [0.2, 0.25) is 0 Å². The number of amides is 1. The summed E-state index contributed by atoms with van der Waals surface area (Å²) in [7, 11) is 1.92. The van der Waals surface area contributed by atoms with Gasteiger partial charge in [-0.15, -0.1) is 0 Å². The van der Waals surface area contributed by atoms with Crippen molar-refractivity contribution in [3.63, 3.8) is 0 Å². The fourth-order valence-corrected chi connectivity index (χ4v) is 3.29. The summed E-state index contributed by atoms with van der Waals surface area (Å²) in [6.45, 7) is 3.21. The van der Waals surface area contributed by atoms with Crippen LogP contribution in [-0.2, 0) is 4.79 Å². The zero-order valence-electron chi connectivity index (χ0n) is 11.2. The summed E-state index contributed by atoms with van der Waals surface area (Å²) < 4.78 is 0. The Hall–Kier alpha value is -0.570. The Morgan fingerprint density at radius 3 is 2.59 bits per heavy atom. The Morgan fingerprint density at radius 1 is 1.24 bits per heavy atom. The molecule has 1 heterocycles. The van der Waals surface area contributed by atoms with E-state index in [4.69, 9.17) is 0 Å². The van der Waals surface area contributed by atoms with Crippen molar-refractivity contribution in [2.45, 2.75) is 64.0 Å². The zero-order valence-corrected chi connectivity index (χ0v) is 11.2. The van der Waals surface area contributed by atoms with Gasteiger partial charge in [0.2, 0.25) is 5.91 Å². The maximum Gasteiger partial charge on any atom is 0.222 e. The molecule has 98 valence electrons. The molecule has 1 aliphatic heterocycles. The van der Waals surface area contributed by atoms with Crippen molar-refractivity contribution in [2.24, 2.45) is 5.92 Å². The SMILES string of the molecule is CC(NC1CCC(=O)N(C)C1)C1CCCCC1. The van der Waals surface area contributed by atoms with Crippen molar-refractivity contribution in [1.82, 2.24) is 10.2 Å². The molecule has 2 rings (SSSR count). The Kier molecular flexibility index (Phi) is 4.43. The summed E-state index contributed by atoms with van der Waals surface area (Å²) in [6, 6.07) is 1.12. The van der Waals surface area contributed by atoms with Crippen molar-refractivity contribution in [2.75, 3.05) is 13.6 Å². The minimum Gasteiger partial charge on any atom is -0.344 e. The lowest BCUT2D eigenvalue weighted by molar-refractivity contribution is -0.132. The second kappa shape index (κ2) is 5.85. The number of hydrogen-bond acceptors (Lipinski definition) is 2. The van der Waals surface area contributed by atoms with E-state index in [1.165, 1.54) is 32.1 Å². The van der Waals surface area contributed by atoms with Gasteiger partial charge in [-0.25, -0.2) is 0 Å². The smallest absolute Gasteiger partial charge is 0.222 e. The van der Waals surface area contributed by atoms with Gasteiger partial charge in [-0.2, -0.15) is 0 Å². The third-order valence-corrected chi connectivity index (χ3v) is 4.48. The molecule has 0 bridgehead atoms. The molecule has 2 fully saturated rings. The van der Waals surface area contributed by atoms with E-state index in [1.807, 2.05) is 11.9 Å². The van der Waals surface area contributed by atoms with Crippen LogP contribution in [-0.4, -0.2) is 36.5 Å². The van der Waals surface area contributed by atoms with Gasteiger partial charge in [0.25, 0.3) is 0 Å². The quantitative estimate of drug-likeness (QED) is 0.817. The van der Waals surface area contributed by atoms with Gasteiger partial charge in [-0.3, -0.25) is 4.79 Å². The molecule has 1 amide bonds. The van der Waals surface area contributed by atoms with Crippen molar-refractivity contribution in [3.05, 3.63) is 0 Å². The van der Waals surface area contributed by atoms with E-state index < -0.39 is 0 Å². The normalized spacial score (nSPS) is 29.4. The third-order valence-electron chi connectivity index (χ3n) is 4.48. The highest BCUT2D eigenvalue weighted by molar-refractivity contribution is 5.76. The van der Waals surface area contributed by atoms with Gasteiger partial charge >= 0.3 is 0 Å². The highest BCUT2D eigenvalue weighted by Gasteiger charge is 2.26. The van der Waals surface area contributed by atoms with Crippen LogP contribution >= 0.6 is 0 Å². The minimum atomic E-state index is 0.299. The van der Waals surface area contributed by atoms with E-state index in [-0.39, 0.29) is 0 Å². The fraction of sp³-hybridized carbons (Fsp3) is 0.929. The molecule has 0 spiro atoms. The molecule has 3 heteroatoms. The Bertz CT molecular complexity index is 261. The number of hydrogen-bond donors (Lipinski definition) is 1. The van der Waals surface area contributed by atoms with Crippen LogP contribution in [0.15, 0.2) is 0 Å². The molecule has 3 nitrogen and oxygen atoms in total. The van der Waals surface area contributed by atoms with Gasteiger partial charge in [0.1, 0.15) is 0 Å². The average Bonchev–Trinajstić information content (AvgIpc) is 2.35. The molecule has 0 aromatic carbocycles. The average molecular weight is 238 g/mol. The van der Waals surface area contributed by atoms with Crippen LogP contribution in [0.5, 0.6) is 0 Å². The summed E-state index contributed by atoms with van der Waals surface area (Å²) in [5, 5.41) is 3.75. The van der Waals surface area contributed by atoms with E-state index in [2.05, 4.69) is 12.2 Å². The minimum absolute atomic E-state index is 0.299. The molecule has 2 unspecified atom stereocenters. The topological polar surface area (TPSA) is 32.3 Å². The summed E-state index contributed by atoms with van der Waals surface area (Å²) in [5.74, 6) is 1.15. The maximum absolute atomic E-state index is 11.4. The first kappa shape index (κ1) is 12.9. The van der Waals surface area contributed by atoms with Crippen LogP contribution in [0.3, 0.4) is 0 Å². The van der Waals surface area contributed by atoms with Crippen LogP contribution in [0, 0.1) is 5.92 Å². The number of nitrogens with zero attached hydrogens (tertiary/aromatic N) is 1. The van der Waals surface area contributed by atoms with Gasteiger partial charge in [0.15, 0.2) is 0 Å². The highest BCUT2D eigenvalue weighted by atomic mass is 16.2. The molecule has 17 heavy (non-hydrogen) atoms. The van der Waals surface area contributed by atoms with E-state index in [0.717, 1.165) is 18.9 Å².